The number of nitrogens with one attached hydrogen (secondary N) is 3. The van der Waals surface area contributed by atoms with Gasteiger partial charge in [-0.2, -0.15) is 18.3 Å². The van der Waals surface area contributed by atoms with Gasteiger partial charge in [0.05, 0.1) is 12.1 Å². The van der Waals surface area contributed by atoms with E-state index in [1.165, 1.54) is 35.3 Å². The van der Waals surface area contributed by atoms with Gasteiger partial charge in [-0.05, 0) is 63.3 Å². The van der Waals surface area contributed by atoms with E-state index in [9.17, 15) is 36.3 Å². The molecule has 224 valence electrons. The topological polar surface area (TPSA) is 121 Å². The minimum absolute atomic E-state index is 0.00332. The smallest absolute Gasteiger partial charge is 0.339 e. The molecule has 2 atom stereocenters. The van der Waals surface area contributed by atoms with Crippen molar-refractivity contribution in [3.05, 3.63) is 41.9 Å². The number of hydrogen-bond acceptors (Lipinski definition) is 5. The number of aromatic nitrogens is 3. The number of anilines is 1. The van der Waals surface area contributed by atoms with Gasteiger partial charge in [0.15, 0.2) is 0 Å². The molecule has 2 aromatic heterocycles. The van der Waals surface area contributed by atoms with Gasteiger partial charge in [0.25, 0.3) is 5.91 Å². The molecule has 41 heavy (non-hydrogen) atoms. The maximum atomic E-state index is 13.9. The largest absolute Gasteiger partial charge is 0.410 e. The predicted molar refractivity (Wildman–Crippen MR) is 137 cm³/mol. The molecule has 0 aromatic carbocycles. The van der Waals surface area contributed by atoms with Crippen molar-refractivity contribution in [1.29, 1.82) is 0 Å². The van der Waals surface area contributed by atoms with Crippen LogP contribution in [0, 0.1) is 5.92 Å². The van der Waals surface area contributed by atoms with Crippen LogP contribution in [0.4, 0.5) is 32.6 Å². The summed E-state index contributed by atoms with van der Waals surface area (Å²) in [5.74, 6) is -4.69. The predicted octanol–water partition coefficient (Wildman–Crippen LogP) is 4.05. The zero-order chi connectivity index (χ0) is 30.2. The average molecular weight is 586 g/mol. The monoisotopic (exact) mass is 585 g/mol. The van der Waals surface area contributed by atoms with Gasteiger partial charge in [-0.3, -0.25) is 14.3 Å². The zero-order valence-electron chi connectivity index (χ0n) is 22.8. The highest BCUT2D eigenvalue weighted by atomic mass is 19.4. The summed E-state index contributed by atoms with van der Waals surface area (Å²) < 4.78 is 68.9. The van der Waals surface area contributed by atoms with Crippen LogP contribution in [0.2, 0.25) is 0 Å². The second-order valence-corrected chi connectivity index (χ2v) is 10.8. The van der Waals surface area contributed by atoms with E-state index >= 15 is 0 Å². The summed E-state index contributed by atoms with van der Waals surface area (Å²) in [6.07, 6.45) is -2.70. The molecule has 2 fully saturated rings. The first-order chi connectivity index (χ1) is 19.1. The Morgan fingerprint density at radius 3 is 2.46 bits per heavy atom. The first-order valence-electron chi connectivity index (χ1n) is 13.2. The SMILES string of the molecule is CCn1nccc1C(=O)N[C@H](C(=O)Nc1cc(C(C)(C)N2C[C@@H](C(F)(F)F)NC2=O)ccn1)C1CCC(F)(F)CC1. The molecule has 1 saturated heterocycles. The lowest BCUT2D eigenvalue weighted by atomic mass is 9.81. The van der Waals surface area contributed by atoms with Crippen molar-refractivity contribution in [3.63, 3.8) is 0 Å². The van der Waals surface area contributed by atoms with Gasteiger partial charge in [-0.25, -0.2) is 18.6 Å². The van der Waals surface area contributed by atoms with Gasteiger partial charge in [-0.15, -0.1) is 0 Å². The quantitative estimate of drug-likeness (QED) is 0.404. The fourth-order valence-corrected chi connectivity index (χ4v) is 5.23. The number of pyridine rings is 1. The lowest BCUT2D eigenvalue weighted by Crippen LogP contribution is -2.50. The number of nitrogens with zero attached hydrogens (tertiary/aromatic N) is 4. The number of carbonyl (C=O) groups is 3. The molecule has 4 amide bonds. The minimum atomic E-state index is -4.62. The summed E-state index contributed by atoms with van der Waals surface area (Å²) in [7, 11) is 0. The summed E-state index contributed by atoms with van der Waals surface area (Å²) >= 11 is 0. The van der Waals surface area contributed by atoms with Crippen molar-refractivity contribution in [1.82, 2.24) is 30.3 Å². The first-order valence-corrected chi connectivity index (χ1v) is 13.2. The lowest BCUT2D eigenvalue weighted by molar-refractivity contribution is -0.150. The van der Waals surface area contributed by atoms with E-state index in [0.29, 0.717) is 12.1 Å². The van der Waals surface area contributed by atoms with Crippen LogP contribution in [0.5, 0.6) is 0 Å². The van der Waals surface area contributed by atoms with Crippen LogP contribution in [0.3, 0.4) is 0 Å². The second-order valence-electron chi connectivity index (χ2n) is 10.8. The molecule has 1 aliphatic heterocycles. The Balaban J connectivity index is 1.54. The van der Waals surface area contributed by atoms with E-state index in [2.05, 4.69) is 20.7 Å². The normalized spacial score (nSPS) is 20.4. The molecule has 4 rings (SSSR count). The summed E-state index contributed by atoms with van der Waals surface area (Å²) in [6, 6.07) is 0.335. The summed E-state index contributed by atoms with van der Waals surface area (Å²) in [6.45, 7) is 4.71. The number of halogens is 5. The van der Waals surface area contributed by atoms with Crippen molar-refractivity contribution in [3.8, 4) is 0 Å². The molecular formula is C26H32F5N7O3. The highest BCUT2D eigenvalue weighted by Gasteiger charge is 2.50. The van der Waals surface area contributed by atoms with E-state index in [0.717, 1.165) is 4.90 Å². The fourth-order valence-electron chi connectivity index (χ4n) is 5.23. The first kappa shape index (κ1) is 30.2. The molecule has 0 bridgehead atoms. The lowest BCUT2D eigenvalue weighted by Gasteiger charge is -2.35. The molecule has 10 nitrogen and oxygen atoms in total. The van der Waals surface area contributed by atoms with Crippen LogP contribution >= 0.6 is 0 Å². The molecular weight excluding hydrogens is 553 g/mol. The highest BCUT2D eigenvalue weighted by molar-refractivity contribution is 6.00. The van der Waals surface area contributed by atoms with E-state index in [1.807, 2.05) is 5.32 Å². The van der Waals surface area contributed by atoms with Crippen LogP contribution in [-0.2, 0) is 16.9 Å². The average Bonchev–Trinajstić information content (AvgIpc) is 3.54. The third-order valence-electron chi connectivity index (χ3n) is 7.75. The van der Waals surface area contributed by atoms with Gasteiger partial charge in [0.2, 0.25) is 11.8 Å². The third kappa shape index (κ3) is 6.59. The Hall–Kier alpha value is -3.78. The number of rotatable bonds is 8. The molecule has 3 heterocycles. The maximum Gasteiger partial charge on any atom is 0.410 e. The maximum absolute atomic E-state index is 13.9. The molecule has 0 unspecified atom stereocenters. The van der Waals surface area contributed by atoms with E-state index in [1.54, 1.807) is 20.8 Å². The molecule has 2 aromatic rings. The number of hydrogen-bond donors (Lipinski definition) is 3. The molecule has 15 heteroatoms. The van der Waals surface area contributed by atoms with Crippen molar-refractivity contribution in [2.24, 2.45) is 5.92 Å². The van der Waals surface area contributed by atoms with Crippen LogP contribution < -0.4 is 16.0 Å². The molecule has 0 spiro atoms. The van der Waals surface area contributed by atoms with Gasteiger partial charge in [0.1, 0.15) is 23.6 Å². The molecule has 1 saturated carbocycles. The molecule has 2 aliphatic rings. The van der Waals surface area contributed by atoms with Crippen molar-refractivity contribution in [2.75, 3.05) is 11.9 Å². The Morgan fingerprint density at radius 1 is 1.17 bits per heavy atom. The van der Waals surface area contributed by atoms with Crippen molar-refractivity contribution in [2.45, 2.75) is 82.7 Å². The zero-order valence-corrected chi connectivity index (χ0v) is 22.8. The van der Waals surface area contributed by atoms with Crippen LogP contribution in [0.1, 0.15) is 62.5 Å². The van der Waals surface area contributed by atoms with Gasteiger partial charge >= 0.3 is 12.2 Å². The summed E-state index contributed by atoms with van der Waals surface area (Å²) in [5, 5.41) is 11.3. The van der Waals surface area contributed by atoms with Crippen molar-refractivity contribution >= 4 is 23.7 Å². The van der Waals surface area contributed by atoms with Crippen LogP contribution in [0.15, 0.2) is 30.6 Å². The van der Waals surface area contributed by atoms with Gasteiger partial charge in [-0.1, -0.05) is 0 Å². The molecule has 3 N–H and O–H groups in total. The second kappa shape index (κ2) is 11.2. The van der Waals surface area contributed by atoms with E-state index in [-0.39, 0.29) is 24.4 Å². The third-order valence-corrected chi connectivity index (χ3v) is 7.75. The minimum Gasteiger partial charge on any atom is -0.339 e. The molecule has 1 aliphatic carbocycles. The highest BCUT2D eigenvalue weighted by Crippen LogP contribution is 2.38. The Labute approximate surface area is 233 Å². The number of carbonyl (C=O) groups excluding carboxylic acids is 3. The van der Waals surface area contributed by atoms with Crippen LogP contribution in [0.25, 0.3) is 0 Å². The van der Waals surface area contributed by atoms with E-state index < -0.39 is 72.9 Å². The number of amides is 4. The Kier molecular flexibility index (Phi) is 8.28. The number of urea groups is 1. The molecule has 0 radical (unpaired) electrons. The standard InChI is InChI=1S/C26H32F5N7O3/c1-4-38-17(8-12-33-38)21(39)36-20(15-5-9-25(27,28)10-6-15)22(40)35-19-13-16(7-11-32-19)24(2,3)37-14-18(26(29,30)31)34-23(37)41/h7-8,11-13,15,18,20H,4-6,9-10,14H2,1-3H3,(H,34,41)(H,36,39)(H,32,35,40)/t18-,20-/m0/s1. The number of alkyl halides is 5. The fraction of sp³-hybridized carbons (Fsp3) is 0.577. The summed E-state index contributed by atoms with van der Waals surface area (Å²) in [5.41, 5.74) is -0.618. The Bertz CT molecular complexity index is 1290. The number of aryl methyl sites for hydroxylation is 1. The summed E-state index contributed by atoms with van der Waals surface area (Å²) in [4.78, 5) is 44.1. The van der Waals surface area contributed by atoms with Gasteiger partial charge in [0, 0.05) is 31.8 Å². The Morgan fingerprint density at radius 2 is 1.85 bits per heavy atom. The van der Waals surface area contributed by atoms with Crippen molar-refractivity contribution < 1.29 is 36.3 Å². The van der Waals surface area contributed by atoms with E-state index in [4.69, 9.17) is 0 Å². The van der Waals surface area contributed by atoms with Crippen LogP contribution in [-0.4, -0.2) is 68.2 Å². The van der Waals surface area contributed by atoms with Gasteiger partial charge < -0.3 is 20.9 Å².